The Morgan fingerprint density at radius 2 is 2.45 bits per heavy atom. The molecule has 0 radical (unpaired) electrons. The SMILES string of the molecule is [2H]c1c(CC([2H])([2H])N(C)C([2H])([2H])[2H])c2cc(C([2H])([2H])S(=O)(=O)N([2H])C)ccc2n1[2H]. The molecular weight excluding hydrogens is 274 g/mol. The monoisotopic (exact) mass is 305 g/mol. The highest BCUT2D eigenvalue weighted by atomic mass is 32.2. The van der Waals surface area contributed by atoms with Gasteiger partial charge < -0.3 is 9.88 Å². The molecule has 0 saturated carbocycles. The number of aromatic amines is 1. The van der Waals surface area contributed by atoms with Gasteiger partial charge in [-0.1, -0.05) is 6.07 Å². The lowest BCUT2D eigenvalue weighted by Crippen LogP contribution is -2.20. The van der Waals surface area contributed by atoms with E-state index in [2.05, 4.69) is 0 Å². The molecule has 1 aromatic heterocycles. The molecule has 0 spiro atoms. The minimum Gasteiger partial charge on any atom is -0.361 e. The average molecular weight is 305 g/mol. The van der Waals surface area contributed by atoms with Crippen LogP contribution in [0.25, 0.3) is 10.9 Å². The molecule has 110 valence electrons. The Morgan fingerprint density at radius 3 is 3.15 bits per heavy atom. The zero-order chi connectivity index (χ0) is 23.4. The number of hydrogen-bond acceptors (Lipinski definition) is 3. The van der Waals surface area contributed by atoms with Gasteiger partial charge in [-0.25, -0.2) is 13.1 Å². The van der Waals surface area contributed by atoms with Crippen molar-refractivity contribution >= 4 is 20.9 Å². The maximum absolute atomic E-state index is 12.2. The summed E-state index contributed by atoms with van der Waals surface area (Å²) < 4.78 is 102. The number of likely N-dealkylation sites (N-methyl/N-ethyl adjacent to an activating group) is 1. The quantitative estimate of drug-likeness (QED) is 0.846. The zero-order valence-corrected chi connectivity index (χ0v) is 11.8. The van der Waals surface area contributed by atoms with E-state index in [1.54, 1.807) is 0 Å². The summed E-state index contributed by atoms with van der Waals surface area (Å²) in [4.78, 5) is 1.18. The van der Waals surface area contributed by atoms with E-state index in [4.69, 9.17) is 13.8 Å². The molecule has 1 aromatic carbocycles. The Bertz CT molecular complexity index is 1060. The van der Waals surface area contributed by atoms with E-state index in [1.807, 2.05) is 0 Å². The number of fused-ring (bicyclic) bond motifs is 1. The Morgan fingerprint density at radius 1 is 1.65 bits per heavy atom. The van der Waals surface area contributed by atoms with Crippen LogP contribution in [0.5, 0.6) is 0 Å². The van der Waals surface area contributed by atoms with Gasteiger partial charge in [0, 0.05) is 33.2 Å². The summed E-state index contributed by atoms with van der Waals surface area (Å²) in [6.07, 6.45) is -1.05. The Kier molecular flexibility index (Phi) is 1.96. The molecule has 2 N–H and O–H groups in total. The number of aryl methyl sites for hydroxylation is 1. The second-order valence-electron chi connectivity index (χ2n) is 4.09. The highest BCUT2D eigenvalue weighted by Crippen LogP contribution is 2.21. The molecule has 2 aromatic rings. The number of benzene rings is 1. The fourth-order valence-corrected chi connectivity index (χ4v) is 2.17. The Labute approximate surface area is 134 Å². The first-order chi connectivity index (χ1) is 13.4. The molecule has 1 heterocycles. The van der Waals surface area contributed by atoms with Crippen LogP contribution >= 0.6 is 0 Å². The lowest BCUT2D eigenvalue weighted by atomic mass is 10.1. The van der Waals surface area contributed by atoms with Gasteiger partial charge in [0.25, 0.3) is 0 Å². The third-order valence-electron chi connectivity index (χ3n) is 2.61. The van der Waals surface area contributed by atoms with Gasteiger partial charge in [0.15, 0.2) is 1.41 Å². The highest BCUT2D eigenvalue weighted by Gasteiger charge is 2.11. The second-order valence-corrected chi connectivity index (χ2v) is 5.61. The average Bonchev–Trinajstić information content (AvgIpc) is 2.84. The Hall–Kier alpha value is -1.37. The molecule has 0 fully saturated rings. The van der Waals surface area contributed by atoms with Crippen molar-refractivity contribution in [3.63, 3.8) is 0 Å². The van der Waals surface area contributed by atoms with Gasteiger partial charge in [-0.05, 0) is 50.8 Å². The van der Waals surface area contributed by atoms with Gasteiger partial charge in [0.05, 0.1) is 7.08 Å². The summed E-state index contributed by atoms with van der Waals surface area (Å²) in [7, 11) is -2.79. The van der Waals surface area contributed by atoms with Crippen molar-refractivity contribution in [1.29, 1.82) is 0 Å². The Balaban J connectivity index is 2.68. The van der Waals surface area contributed by atoms with Crippen molar-refractivity contribution in [3.05, 3.63) is 35.5 Å². The van der Waals surface area contributed by atoms with Crippen LogP contribution in [0.3, 0.4) is 0 Å². The molecule has 0 aliphatic rings. The van der Waals surface area contributed by atoms with Gasteiger partial charge in [-0.2, -0.15) is 0 Å². The van der Waals surface area contributed by atoms with E-state index in [0.717, 1.165) is 26.2 Å². The van der Waals surface area contributed by atoms with E-state index in [0.29, 0.717) is 9.88 Å². The van der Waals surface area contributed by atoms with Crippen LogP contribution in [-0.4, -0.2) is 45.9 Å². The number of nitrogens with zero attached hydrogens (tertiary/aromatic N) is 1. The van der Waals surface area contributed by atoms with Crippen LogP contribution in [0, 0.1) is 0 Å². The second kappa shape index (κ2) is 5.95. The van der Waals surface area contributed by atoms with Crippen LogP contribution < -0.4 is 4.72 Å². The fraction of sp³-hybridized carbons (Fsp3) is 0.429. The molecule has 0 aliphatic heterocycles. The molecular formula is C14H21N3O2S. The topological polar surface area (TPSA) is 65.2 Å². The summed E-state index contributed by atoms with van der Waals surface area (Å²) in [5.74, 6) is 0. The molecule has 2 rings (SSSR count). The highest BCUT2D eigenvalue weighted by molar-refractivity contribution is 7.88. The summed E-state index contributed by atoms with van der Waals surface area (Å²) in [6, 6.07) is 3.42. The van der Waals surface area contributed by atoms with Crippen molar-refractivity contribution < 1.29 is 22.2 Å². The molecule has 0 aliphatic carbocycles. The van der Waals surface area contributed by atoms with Crippen molar-refractivity contribution in [1.82, 2.24) is 14.6 Å². The normalized spacial score (nSPS) is 22.0. The fourth-order valence-electron chi connectivity index (χ4n) is 1.65. The standard InChI is InChI=1S/C14H21N3O2S/c1-15-20(18,19)10-11-4-5-14-13(8-11)12(9-16-14)6-7-17(2)3/h4-5,8-9,15-16H,6-7,10H2,1-3H3/i2D3,7D2,9D,10D2/hD2. The van der Waals surface area contributed by atoms with Crippen molar-refractivity contribution in [2.75, 3.05) is 27.6 Å². The molecule has 0 amide bonds. The van der Waals surface area contributed by atoms with E-state index in [-0.39, 0.29) is 26.7 Å². The van der Waals surface area contributed by atoms with Gasteiger partial charge in [-0.3, -0.25) is 0 Å². The third-order valence-corrected chi connectivity index (χ3v) is 3.59. The molecule has 6 heteroatoms. The summed E-state index contributed by atoms with van der Waals surface area (Å²) in [6.45, 7) is -5.21. The van der Waals surface area contributed by atoms with Crippen molar-refractivity contribution in [3.8, 4) is 0 Å². The number of H-pyrrole nitrogens is 1. The van der Waals surface area contributed by atoms with Crippen LogP contribution in [0.4, 0.5) is 0 Å². The van der Waals surface area contributed by atoms with E-state index < -0.39 is 41.8 Å². The predicted molar refractivity (Wildman–Crippen MR) is 82.2 cm³/mol. The predicted octanol–water partition coefficient (Wildman–Crippen LogP) is 1.32. The van der Waals surface area contributed by atoms with Crippen LogP contribution in [0.15, 0.2) is 24.4 Å². The first kappa shape index (κ1) is 6.60. The number of aromatic nitrogens is 1. The molecule has 0 atom stereocenters. The minimum atomic E-state index is -4.71. The van der Waals surface area contributed by atoms with Gasteiger partial charge in [0.1, 0.15) is 1.41 Å². The number of sulfonamides is 1. The number of nitrogens with one attached hydrogen (secondary N) is 2. The zero-order valence-electron chi connectivity index (χ0n) is 21.0. The molecule has 20 heavy (non-hydrogen) atoms. The largest absolute Gasteiger partial charge is 0.361 e. The van der Waals surface area contributed by atoms with E-state index in [9.17, 15) is 8.42 Å². The minimum absolute atomic E-state index is 0.00634. The van der Waals surface area contributed by atoms with Gasteiger partial charge in [-0.15, -0.1) is 0 Å². The van der Waals surface area contributed by atoms with E-state index >= 15 is 0 Å². The van der Waals surface area contributed by atoms with Crippen molar-refractivity contribution in [2.45, 2.75) is 12.1 Å². The number of hydrogen-bond donors (Lipinski definition) is 2. The molecule has 0 bridgehead atoms. The van der Waals surface area contributed by atoms with Crippen molar-refractivity contribution in [2.24, 2.45) is 0 Å². The first-order valence-corrected chi connectivity index (χ1v) is 7.14. The maximum atomic E-state index is 12.2. The van der Waals surface area contributed by atoms with E-state index in [1.165, 1.54) is 6.07 Å². The van der Waals surface area contributed by atoms with Crippen LogP contribution in [-0.2, 0) is 22.1 Å². The van der Waals surface area contributed by atoms with Gasteiger partial charge >= 0.3 is 0 Å². The smallest absolute Gasteiger partial charge is 0.215 e. The lowest BCUT2D eigenvalue weighted by molar-refractivity contribution is 0.414. The number of rotatable bonds is 6. The lowest BCUT2D eigenvalue weighted by Gasteiger charge is -2.08. The molecule has 0 saturated heterocycles. The first-order valence-electron chi connectivity index (χ1n) is 10.6. The van der Waals surface area contributed by atoms with Gasteiger partial charge in [0.2, 0.25) is 10.0 Å². The molecule has 5 nitrogen and oxygen atoms in total. The summed E-state index contributed by atoms with van der Waals surface area (Å²) >= 11 is 0. The molecule has 0 unspecified atom stereocenters. The summed E-state index contributed by atoms with van der Waals surface area (Å²) in [5, 5.41) is 0.0435. The summed E-state index contributed by atoms with van der Waals surface area (Å²) in [5.41, 5.74) is -3.35. The maximum Gasteiger partial charge on any atom is 0.215 e. The van der Waals surface area contributed by atoms with Crippen LogP contribution in [0.1, 0.15) is 22.1 Å². The van der Waals surface area contributed by atoms with Crippen LogP contribution in [0.2, 0.25) is 2.82 Å². The third kappa shape index (κ3) is 3.59.